The molecule has 1 heterocycles. The maximum absolute atomic E-state index is 13.2. The number of nitrogens with two attached hydrogens (primary N) is 1. The van der Waals surface area contributed by atoms with Crippen molar-refractivity contribution in [3.8, 4) is 0 Å². The van der Waals surface area contributed by atoms with Gasteiger partial charge in [0.15, 0.2) is 0 Å². The largest absolute Gasteiger partial charge is 0.389 e. The highest BCUT2D eigenvalue weighted by Crippen LogP contribution is 2.34. The molecule has 3 nitrogen and oxygen atoms in total. The Labute approximate surface area is 134 Å². The first-order valence-electron chi connectivity index (χ1n) is 5.57. The topological polar surface area (TPSA) is 50.9 Å². The smallest absolute Gasteiger partial charge is 0.140 e. The summed E-state index contributed by atoms with van der Waals surface area (Å²) in [5.41, 5.74) is 7.56. The number of pyridine rings is 1. The van der Waals surface area contributed by atoms with E-state index in [4.69, 9.17) is 29.6 Å². The summed E-state index contributed by atoms with van der Waals surface area (Å²) >= 11 is 14.3. The molecule has 20 heavy (non-hydrogen) atoms. The minimum Gasteiger partial charge on any atom is -0.389 e. The minimum atomic E-state index is -0.431. The molecule has 2 rings (SSSR count). The maximum Gasteiger partial charge on any atom is 0.140 e. The predicted octanol–water partition coefficient (Wildman–Crippen LogP) is 4.32. The molecule has 0 spiro atoms. The van der Waals surface area contributed by atoms with E-state index >= 15 is 0 Å². The van der Waals surface area contributed by atoms with E-state index in [0.717, 1.165) is 5.69 Å². The number of hydrogen-bond acceptors (Lipinski definition) is 3. The van der Waals surface area contributed by atoms with Gasteiger partial charge in [-0.3, -0.25) is 0 Å². The molecule has 0 saturated carbocycles. The van der Waals surface area contributed by atoms with Gasteiger partial charge in [0, 0.05) is 10.2 Å². The normalized spacial score (nSPS) is 10.4. The minimum absolute atomic E-state index is 0.217. The molecule has 0 aliphatic carbocycles. The van der Waals surface area contributed by atoms with E-state index in [2.05, 4.69) is 26.2 Å². The van der Waals surface area contributed by atoms with Crippen molar-refractivity contribution in [2.75, 3.05) is 5.32 Å². The van der Waals surface area contributed by atoms with Gasteiger partial charge in [0.2, 0.25) is 0 Å². The SMILES string of the molecule is Cc1ccc(C(N)=S)c(Nc2c(Cl)cc(F)cc2Br)n1. The Bertz CT molecular complexity index is 670. The van der Waals surface area contributed by atoms with Crippen molar-refractivity contribution in [2.24, 2.45) is 5.73 Å². The first-order chi connectivity index (χ1) is 9.38. The molecule has 0 atom stereocenters. The van der Waals surface area contributed by atoms with E-state index < -0.39 is 5.82 Å². The third kappa shape index (κ3) is 3.26. The molecule has 104 valence electrons. The second kappa shape index (κ2) is 6.03. The number of rotatable bonds is 3. The summed E-state index contributed by atoms with van der Waals surface area (Å²) in [5.74, 6) is 0.0471. The van der Waals surface area contributed by atoms with Gasteiger partial charge in [0.1, 0.15) is 16.6 Å². The van der Waals surface area contributed by atoms with Crippen LogP contribution >= 0.6 is 39.7 Å². The first kappa shape index (κ1) is 15.2. The molecule has 0 fully saturated rings. The van der Waals surface area contributed by atoms with Gasteiger partial charge in [-0.2, -0.15) is 0 Å². The number of hydrogen-bond donors (Lipinski definition) is 2. The van der Waals surface area contributed by atoms with Crippen LogP contribution in [0.2, 0.25) is 5.02 Å². The Kier molecular flexibility index (Phi) is 4.57. The van der Waals surface area contributed by atoms with Crippen molar-refractivity contribution >= 4 is 56.2 Å². The Balaban J connectivity index is 2.50. The highest BCUT2D eigenvalue weighted by molar-refractivity contribution is 9.10. The lowest BCUT2D eigenvalue weighted by atomic mass is 10.2. The van der Waals surface area contributed by atoms with Crippen LogP contribution in [0.5, 0.6) is 0 Å². The molecule has 0 radical (unpaired) electrons. The van der Waals surface area contributed by atoms with Gasteiger partial charge in [-0.1, -0.05) is 23.8 Å². The molecule has 3 N–H and O–H groups in total. The monoisotopic (exact) mass is 373 g/mol. The molecule has 7 heteroatoms. The number of aryl methyl sites for hydroxylation is 1. The molecular weight excluding hydrogens is 365 g/mol. The van der Waals surface area contributed by atoms with Crippen LogP contribution in [0, 0.1) is 12.7 Å². The van der Waals surface area contributed by atoms with Gasteiger partial charge in [-0.25, -0.2) is 9.37 Å². The van der Waals surface area contributed by atoms with Crippen molar-refractivity contribution in [1.82, 2.24) is 4.98 Å². The van der Waals surface area contributed by atoms with Gasteiger partial charge in [-0.15, -0.1) is 0 Å². The zero-order chi connectivity index (χ0) is 14.9. The maximum atomic E-state index is 13.2. The van der Waals surface area contributed by atoms with Gasteiger partial charge >= 0.3 is 0 Å². The molecular formula is C13H10BrClFN3S. The molecule has 2 aromatic rings. The average molecular weight is 375 g/mol. The quantitative estimate of drug-likeness (QED) is 0.786. The van der Waals surface area contributed by atoms with Crippen LogP contribution < -0.4 is 11.1 Å². The number of nitrogens with zero attached hydrogens (tertiary/aromatic N) is 1. The summed E-state index contributed by atoms with van der Waals surface area (Å²) in [4.78, 5) is 4.56. The molecule has 0 aliphatic heterocycles. The lowest BCUT2D eigenvalue weighted by molar-refractivity contribution is 0.627. The third-order valence-electron chi connectivity index (χ3n) is 2.55. The number of anilines is 2. The molecule has 0 saturated heterocycles. The molecule has 1 aromatic carbocycles. The lowest BCUT2D eigenvalue weighted by Crippen LogP contribution is -2.13. The summed E-state index contributed by atoms with van der Waals surface area (Å²) in [5, 5.41) is 3.26. The van der Waals surface area contributed by atoms with Crippen LogP contribution in [0.15, 0.2) is 28.7 Å². The van der Waals surface area contributed by atoms with Crippen molar-refractivity contribution in [2.45, 2.75) is 6.92 Å². The number of nitrogens with one attached hydrogen (secondary N) is 1. The second-order valence-electron chi connectivity index (χ2n) is 4.08. The Morgan fingerprint density at radius 1 is 1.45 bits per heavy atom. The molecule has 0 bridgehead atoms. The van der Waals surface area contributed by atoms with Gasteiger partial charge in [0.25, 0.3) is 0 Å². The average Bonchev–Trinajstić information content (AvgIpc) is 2.33. The summed E-state index contributed by atoms with van der Waals surface area (Å²) in [6, 6.07) is 6.11. The highest BCUT2D eigenvalue weighted by Gasteiger charge is 2.13. The molecule has 1 aromatic heterocycles. The van der Waals surface area contributed by atoms with Gasteiger partial charge < -0.3 is 11.1 Å². The fraction of sp³-hybridized carbons (Fsp3) is 0.0769. The van der Waals surface area contributed by atoms with Crippen molar-refractivity contribution in [3.63, 3.8) is 0 Å². The zero-order valence-electron chi connectivity index (χ0n) is 10.4. The Morgan fingerprint density at radius 2 is 2.15 bits per heavy atom. The molecule has 0 aliphatic rings. The predicted molar refractivity (Wildman–Crippen MR) is 87.3 cm³/mol. The van der Waals surface area contributed by atoms with Crippen molar-refractivity contribution in [3.05, 3.63) is 50.8 Å². The number of benzene rings is 1. The van der Waals surface area contributed by atoms with Crippen LogP contribution in [-0.2, 0) is 0 Å². The Hall–Kier alpha value is -1.24. The van der Waals surface area contributed by atoms with Gasteiger partial charge in [0.05, 0.1) is 16.3 Å². The highest BCUT2D eigenvalue weighted by atomic mass is 79.9. The van der Waals surface area contributed by atoms with E-state index in [1.165, 1.54) is 12.1 Å². The first-order valence-corrected chi connectivity index (χ1v) is 7.15. The van der Waals surface area contributed by atoms with Gasteiger partial charge in [-0.05, 0) is 47.1 Å². The van der Waals surface area contributed by atoms with E-state index in [1.54, 1.807) is 12.1 Å². The van der Waals surface area contributed by atoms with Crippen LogP contribution in [0.25, 0.3) is 0 Å². The molecule has 0 amide bonds. The molecule has 0 unspecified atom stereocenters. The van der Waals surface area contributed by atoms with Crippen LogP contribution in [0.4, 0.5) is 15.9 Å². The van der Waals surface area contributed by atoms with Crippen LogP contribution in [0.3, 0.4) is 0 Å². The fourth-order valence-corrected chi connectivity index (χ4v) is 2.69. The summed E-state index contributed by atoms with van der Waals surface area (Å²) in [7, 11) is 0. The number of halogens is 3. The lowest BCUT2D eigenvalue weighted by Gasteiger charge is -2.13. The number of thiocarbonyl (C=S) groups is 1. The zero-order valence-corrected chi connectivity index (χ0v) is 13.5. The van der Waals surface area contributed by atoms with Crippen molar-refractivity contribution < 1.29 is 4.39 Å². The Morgan fingerprint density at radius 3 is 2.75 bits per heavy atom. The fourth-order valence-electron chi connectivity index (χ4n) is 1.63. The van der Waals surface area contributed by atoms with E-state index in [-0.39, 0.29) is 10.0 Å². The van der Waals surface area contributed by atoms with Crippen LogP contribution in [0.1, 0.15) is 11.3 Å². The van der Waals surface area contributed by atoms with Crippen molar-refractivity contribution in [1.29, 1.82) is 0 Å². The second-order valence-corrected chi connectivity index (χ2v) is 5.78. The third-order valence-corrected chi connectivity index (χ3v) is 3.69. The summed E-state index contributed by atoms with van der Waals surface area (Å²) < 4.78 is 13.7. The van der Waals surface area contributed by atoms with Crippen LogP contribution in [-0.4, -0.2) is 9.97 Å². The number of aromatic nitrogens is 1. The van der Waals surface area contributed by atoms with E-state index in [1.807, 2.05) is 6.92 Å². The summed E-state index contributed by atoms with van der Waals surface area (Å²) in [6.07, 6.45) is 0. The standard InChI is InChI=1S/C13H10BrClFN3S/c1-6-2-3-8(12(17)20)13(18-6)19-11-9(14)4-7(16)5-10(11)15/h2-5H,1H3,(H2,17,20)(H,18,19). The van der Waals surface area contributed by atoms with E-state index in [9.17, 15) is 4.39 Å². The van der Waals surface area contributed by atoms with E-state index in [0.29, 0.717) is 21.5 Å². The summed E-state index contributed by atoms with van der Waals surface area (Å²) in [6.45, 7) is 1.84.